The first-order valence-corrected chi connectivity index (χ1v) is 15.0. The van der Waals surface area contributed by atoms with Gasteiger partial charge in [0.15, 0.2) is 5.58 Å². The molecule has 0 bridgehead atoms. The average Bonchev–Trinajstić information content (AvgIpc) is 3.64. The van der Waals surface area contributed by atoms with Crippen LogP contribution in [0.3, 0.4) is 0 Å². The molecule has 0 aliphatic carbocycles. The predicted molar refractivity (Wildman–Crippen MR) is 186 cm³/mol. The fourth-order valence-electron chi connectivity index (χ4n) is 6.92. The van der Waals surface area contributed by atoms with Crippen molar-refractivity contribution < 1.29 is 4.42 Å². The van der Waals surface area contributed by atoms with Gasteiger partial charge in [0.1, 0.15) is 5.58 Å². The normalized spacial score (nSPS) is 15.1. The minimum atomic E-state index is 0.761. The second-order valence-electron chi connectivity index (χ2n) is 11.4. The van der Waals surface area contributed by atoms with Gasteiger partial charge in [0.25, 0.3) is 0 Å². The Hall–Kier alpha value is -5.80. The van der Waals surface area contributed by atoms with Crippen molar-refractivity contribution in [1.29, 1.82) is 0 Å². The van der Waals surface area contributed by atoms with Gasteiger partial charge in [0.2, 0.25) is 0 Å². The van der Waals surface area contributed by atoms with Crippen LogP contribution in [0.2, 0.25) is 0 Å². The van der Waals surface area contributed by atoms with Crippen LogP contribution in [0.5, 0.6) is 0 Å². The highest BCUT2D eigenvalue weighted by molar-refractivity contribution is 6.20. The van der Waals surface area contributed by atoms with Crippen LogP contribution < -0.4 is 4.90 Å². The van der Waals surface area contributed by atoms with Gasteiger partial charge in [0, 0.05) is 50.4 Å². The Labute approximate surface area is 254 Å². The Bertz CT molecular complexity index is 2490. The summed E-state index contributed by atoms with van der Waals surface area (Å²) in [7, 11) is 0. The third-order valence-electron chi connectivity index (χ3n) is 8.93. The molecule has 1 aliphatic heterocycles. The van der Waals surface area contributed by atoms with Crippen molar-refractivity contribution in [1.82, 2.24) is 4.57 Å². The van der Waals surface area contributed by atoms with Crippen LogP contribution in [0.25, 0.3) is 65.8 Å². The van der Waals surface area contributed by atoms with Crippen LogP contribution in [0, 0.1) is 0 Å². The predicted octanol–water partition coefficient (Wildman–Crippen LogP) is 11.1. The molecule has 0 spiro atoms. The molecule has 0 saturated heterocycles. The SMILES string of the molecule is C=C1/C=C\C=C/CN(c2ccccc2)c2cc3ccc4c5ccccc5n(-c5cccc6c5oc5ccccc56)c4c3cc21. The highest BCUT2D eigenvalue weighted by Crippen LogP contribution is 2.43. The van der Waals surface area contributed by atoms with Crippen molar-refractivity contribution in [2.45, 2.75) is 0 Å². The molecule has 8 aromatic rings. The van der Waals surface area contributed by atoms with Gasteiger partial charge >= 0.3 is 0 Å². The molecule has 44 heavy (non-hydrogen) atoms. The van der Waals surface area contributed by atoms with Crippen LogP contribution in [0.15, 0.2) is 157 Å². The number of aromatic nitrogens is 1. The zero-order valence-corrected chi connectivity index (χ0v) is 24.1. The lowest BCUT2D eigenvalue weighted by Gasteiger charge is -2.27. The molecule has 2 aromatic heterocycles. The molecule has 3 heteroatoms. The highest BCUT2D eigenvalue weighted by atomic mass is 16.3. The van der Waals surface area contributed by atoms with Gasteiger partial charge in [-0.15, -0.1) is 0 Å². The minimum absolute atomic E-state index is 0.761. The molecule has 0 unspecified atom stereocenters. The number of benzene rings is 6. The van der Waals surface area contributed by atoms with Crippen molar-refractivity contribution in [2.75, 3.05) is 11.4 Å². The number of anilines is 2. The number of nitrogens with zero attached hydrogens (tertiary/aromatic N) is 2. The lowest BCUT2D eigenvalue weighted by molar-refractivity contribution is 0.666. The van der Waals surface area contributed by atoms with E-state index in [9.17, 15) is 0 Å². The molecule has 6 aromatic carbocycles. The van der Waals surface area contributed by atoms with Crippen LogP contribution in [-0.4, -0.2) is 11.1 Å². The first-order chi connectivity index (χ1) is 21.8. The molecule has 3 heterocycles. The Kier molecular flexibility index (Phi) is 5.41. The van der Waals surface area contributed by atoms with Gasteiger partial charge < -0.3 is 13.9 Å². The van der Waals surface area contributed by atoms with Crippen molar-refractivity contribution in [3.8, 4) is 5.69 Å². The zero-order chi connectivity index (χ0) is 29.2. The molecule has 1 aliphatic rings. The van der Waals surface area contributed by atoms with Gasteiger partial charge in [0.05, 0.1) is 16.7 Å². The van der Waals surface area contributed by atoms with Crippen molar-refractivity contribution in [2.24, 2.45) is 0 Å². The monoisotopic (exact) mass is 564 g/mol. The van der Waals surface area contributed by atoms with E-state index in [1.807, 2.05) is 12.1 Å². The molecular weight excluding hydrogens is 536 g/mol. The Morgan fingerprint density at radius 1 is 0.614 bits per heavy atom. The van der Waals surface area contributed by atoms with Gasteiger partial charge in [-0.1, -0.05) is 110 Å². The van der Waals surface area contributed by atoms with E-state index in [1.165, 1.54) is 27.1 Å². The van der Waals surface area contributed by atoms with E-state index in [0.29, 0.717) is 0 Å². The maximum Gasteiger partial charge on any atom is 0.159 e. The quantitative estimate of drug-likeness (QED) is 0.208. The number of rotatable bonds is 2. The van der Waals surface area contributed by atoms with E-state index in [2.05, 4.69) is 150 Å². The van der Waals surface area contributed by atoms with Crippen LogP contribution >= 0.6 is 0 Å². The van der Waals surface area contributed by atoms with E-state index in [4.69, 9.17) is 4.42 Å². The molecule has 9 rings (SSSR count). The lowest BCUT2D eigenvalue weighted by atomic mass is 9.96. The van der Waals surface area contributed by atoms with E-state index in [0.717, 1.165) is 62.2 Å². The summed E-state index contributed by atoms with van der Waals surface area (Å²) in [6.07, 6.45) is 8.51. The molecule has 0 fully saturated rings. The van der Waals surface area contributed by atoms with Gasteiger partial charge in [-0.25, -0.2) is 0 Å². The topological polar surface area (TPSA) is 21.3 Å². The van der Waals surface area contributed by atoms with Crippen molar-refractivity contribution >= 4 is 71.5 Å². The van der Waals surface area contributed by atoms with E-state index in [-0.39, 0.29) is 0 Å². The molecule has 0 amide bonds. The van der Waals surface area contributed by atoms with Crippen LogP contribution in [-0.2, 0) is 0 Å². The largest absolute Gasteiger partial charge is 0.454 e. The van der Waals surface area contributed by atoms with Crippen LogP contribution in [0.1, 0.15) is 5.56 Å². The van der Waals surface area contributed by atoms with E-state index < -0.39 is 0 Å². The summed E-state index contributed by atoms with van der Waals surface area (Å²) >= 11 is 0. The summed E-state index contributed by atoms with van der Waals surface area (Å²) in [6.45, 7) is 5.29. The summed E-state index contributed by atoms with van der Waals surface area (Å²) in [6, 6.07) is 43.3. The maximum atomic E-state index is 6.57. The molecule has 0 radical (unpaired) electrons. The fourth-order valence-corrected chi connectivity index (χ4v) is 6.92. The second-order valence-corrected chi connectivity index (χ2v) is 11.4. The van der Waals surface area contributed by atoms with Gasteiger partial charge in [-0.05, 0) is 53.4 Å². The fraction of sp³-hybridized carbons (Fsp3) is 0.0244. The smallest absolute Gasteiger partial charge is 0.159 e. The number of hydrogen-bond donors (Lipinski definition) is 0. The first kappa shape index (κ1) is 24.8. The van der Waals surface area contributed by atoms with Crippen molar-refractivity contribution in [3.05, 3.63) is 158 Å². The number of hydrogen-bond acceptors (Lipinski definition) is 2. The lowest BCUT2D eigenvalue weighted by Crippen LogP contribution is -2.18. The molecule has 0 N–H and O–H groups in total. The summed E-state index contributed by atoms with van der Waals surface area (Å²) < 4.78 is 8.97. The summed E-state index contributed by atoms with van der Waals surface area (Å²) in [5, 5.41) is 7.04. The minimum Gasteiger partial charge on any atom is -0.454 e. The van der Waals surface area contributed by atoms with Crippen LogP contribution in [0.4, 0.5) is 11.4 Å². The number of fused-ring (bicyclic) bond motifs is 9. The number of allylic oxidation sites excluding steroid dienone is 4. The van der Waals surface area contributed by atoms with E-state index >= 15 is 0 Å². The number of para-hydroxylation sites is 4. The van der Waals surface area contributed by atoms with E-state index in [1.54, 1.807) is 0 Å². The molecule has 0 atom stereocenters. The maximum absolute atomic E-state index is 6.57. The third kappa shape index (κ3) is 3.63. The molecule has 0 saturated carbocycles. The zero-order valence-electron chi connectivity index (χ0n) is 24.1. The highest BCUT2D eigenvalue weighted by Gasteiger charge is 2.22. The average molecular weight is 565 g/mol. The summed E-state index contributed by atoms with van der Waals surface area (Å²) in [4.78, 5) is 2.37. The molecular formula is C41H28N2O. The Morgan fingerprint density at radius 3 is 2.32 bits per heavy atom. The first-order valence-electron chi connectivity index (χ1n) is 15.0. The Balaban J connectivity index is 1.41. The van der Waals surface area contributed by atoms with Gasteiger partial charge in [-0.3, -0.25) is 0 Å². The molecule has 208 valence electrons. The molecule has 3 nitrogen and oxygen atoms in total. The Morgan fingerprint density at radius 2 is 1.41 bits per heavy atom. The van der Waals surface area contributed by atoms with Crippen molar-refractivity contribution in [3.63, 3.8) is 0 Å². The van der Waals surface area contributed by atoms with Gasteiger partial charge in [-0.2, -0.15) is 0 Å². The standard InChI is InChI=1S/C41H28N2O/c1-27-13-4-3-11-24-42(29-14-5-2-6-15-29)38-25-28-22-23-32-30-16-7-9-19-36(30)43(40(32)35(28)26-34(27)38)37-20-12-18-33-31-17-8-10-21-39(31)44-41(33)37/h2-23,25-26H,1,24H2/b11-3-,13-4-. The second kappa shape index (κ2) is 9.62. The summed E-state index contributed by atoms with van der Waals surface area (Å²) in [5.41, 5.74) is 9.54. The third-order valence-corrected chi connectivity index (χ3v) is 8.93. The number of furan rings is 1. The summed E-state index contributed by atoms with van der Waals surface area (Å²) in [5.74, 6) is 0.